The molecule has 1 aromatic carbocycles. The van der Waals surface area contributed by atoms with Crippen LogP contribution in [0.3, 0.4) is 0 Å². The van der Waals surface area contributed by atoms with E-state index in [4.69, 9.17) is 4.98 Å². The quantitative estimate of drug-likeness (QED) is 0.498. The van der Waals surface area contributed by atoms with Crippen LogP contribution in [0.15, 0.2) is 58.6 Å². The topological polar surface area (TPSA) is 94.7 Å². The van der Waals surface area contributed by atoms with Gasteiger partial charge in [0.25, 0.3) is 5.56 Å². The number of aryl methyl sites for hydroxylation is 2. The Bertz CT molecular complexity index is 1360. The lowest BCUT2D eigenvalue weighted by Crippen LogP contribution is -2.28. The number of fused-ring (bicyclic) bond motifs is 2. The number of aromatic nitrogens is 5. The predicted molar refractivity (Wildman–Crippen MR) is 120 cm³/mol. The molecule has 156 valence electrons. The molecule has 1 unspecified atom stereocenters. The van der Waals surface area contributed by atoms with E-state index in [2.05, 4.69) is 15.4 Å². The van der Waals surface area contributed by atoms with Crippen molar-refractivity contribution in [3.63, 3.8) is 0 Å². The molecular formula is C22H20N6O2S. The summed E-state index contributed by atoms with van der Waals surface area (Å²) in [7, 11) is 0. The second-order valence-electron chi connectivity index (χ2n) is 7.58. The molecule has 4 aromatic rings. The Kier molecular flexibility index (Phi) is 4.82. The van der Waals surface area contributed by atoms with Crippen LogP contribution in [0.2, 0.25) is 0 Å². The summed E-state index contributed by atoms with van der Waals surface area (Å²) < 4.78 is 3.30. The largest absolute Gasteiger partial charge is 0.311 e. The van der Waals surface area contributed by atoms with Crippen LogP contribution in [0.1, 0.15) is 23.7 Å². The molecule has 3 aromatic heterocycles. The summed E-state index contributed by atoms with van der Waals surface area (Å²) in [5, 5.41) is 8.26. The molecule has 0 saturated heterocycles. The fourth-order valence-corrected chi connectivity index (χ4v) is 4.81. The van der Waals surface area contributed by atoms with E-state index in [9.17, 15) is 9.59 Å². The Labute approximate surface area is 182 Å². The zero-order valence-corrected chi connectivity index (χ0v) is 17.9. The molecule has 1 N–H and O–H groups in total. The number of nitrogens with one attached hydrogen (secondary N) is 1. The van der Waals surface area contributed by atoms with Crippen LogP contribution in [0.25, 0.3) is 16.7 Å². The first-order valence-electron chi connectivity index (χ1n) is 9.93. The number of carbonyl (C=O) groups is 1. The summed E-state index contributed by atoms with van der Waals surface area (Å²) in [5.74, 6) is 0.941. The van der Waals surface area contributed by atoms with Gasteiger partial charge >= 0.3 is 0 Å². The van der Waals surface area contributed by atoms with Gasteiger partial charge in [0.05, 0.1) is 17.9 Å². The van der Waals surface area contributed by atoms with Gasteiger partial charge in [0, 0.05) is 17.9 Å². The minimum Gasteiger partial charge on any atom is -0.311 e. The minimum absolute atomic E-state index is 0.171. The molecule has 1 aliphatic heterocycles. The molecule has 1 atom stereocenters. The Hall–Kier alpha value is -3.46. The Balaban J connectivity index is 1.44. The monoisotopic (exact) mass is 432 g/mol. The van der Waals surface area contributed by atoms with Crippen molar-refractivity contribution in [2.75, 3.05) is 11.1 Å². The fourth-order valence-electron chi connectivity index (χ4n) is 3.68. The van der Waals surface area contributed by atoms with Gasteiger partial charge in [-0.15, -0.1) is 0 Å². The van der Waals surface area contributed by atoms with Gasteiger partial charge in [-0.1, -0.05) is 35.5 Å². The SMILES string of the molecule is Cc1ccc(-n2ncc3c(=O)n4c(nc32)SCC4CC(=O)Nc2cccc(C)n2)cc1. The normalized spacial score (nSPS) is 15.2. The Morgan fingerprint density at radius 3 is 2.74 bits per heavy atom. The van der Waals surface area contributed by atoms with E-state index in [0.717, 1.165) is 16.9 Å². The van der Waals surface area contributed by atoms with Crippen LogP contribution in [0.5, 0.6) is 0 Å². The van der Waals surface area contributed by atoms with Gasteiger partial charge in [0.15, 0.2) is 10.8 Å². The van der Waals surface area contributed by atoms with E-state index in [0.29, 0.717) is 27.8 Å². The molecule has 1 amide bonds. The van der Waals surface area contributed by atoms with Crippen molar-refractivity contribution in [2.45, 2.75) is 31.5 Å². The highest BCUT2D eigenvalue weighted by molar-refractivity contribution is 7.99. The van der Waals surface area contributed by atoms with Crippen molar-refractivity contribution in [3.8, 4) is 5.69 Å². The second kappa shape index (κ2) is 7.66. The molecule has 0 aliphatic carbocycles. The molecule has 0 spiro atoms. The molecule has 0 bridgehead atoms. The maximum Gasteiger partial charge on any atom is 0.265 e. The summed E-state index contributed by atoms with van der Waals surface area (Å²) in [5.41, 5.74) is 3.18. The van der Waals surface area contributed by atoms with E-state index in [-0.39, 0.29) is 23.9 Å². The lowest BCUT2D eigenvalue weighted by molar-refractivity contribution is -0.116. The summed E-state index contributed by atoms with van der Waals surface area (Å²) in [6.07, 6.45) is 1.73. The van der Waals surface area contributed by atoms with Gasteiger partial charge < -0.3 is 5.32 Å². The van der Waals surface area contributed by atoms with Gasteiger partial charge in [-0.25, -0.2) is 14.6 Å². The Morgan fingerprint density at radius 2 is 1.97 bits per heavy atom. The summed E-state index contributed by atoms with van der Waals surface area (Å²) >= 11 is 1.48. The number of hydrogen-bond acceptors (Lipinski definition) is 6. The van der Waals surface area contributed by atoms with Gasteiger partial charge in [-0.3, -0.25) is 14.2 Å². The zero-order chi connectivity index (χ0) is 21.5. The van der Waals surface area contributed by atoms with Crippen LogP contribution in [0, 0.1) is 13.8 Å². The highest BCUT2D eigenvalue weighted by Crippen LogP contribution is 2.33. The smallest absolute Gasteiger partial charge is 0.265 e. The molecule has 9 heteroatoms. The first-order chi connectivity index (χ1) is 15.0. The van der Waals surface area contributed by atoms with Gasteiger partial charge in [0.2, 0.25) is 5.91 Å². The Morgan fingerprint density at radius 1 is 1.16 bits per heavy atom. The van der Waals surface area contributed by atoms with Gasteiger partial charge in [-0.2, -0.15) is 5.10 Å². The third-order valence-electron chi connectivity index (χ3n) is 5.23. The van der Waals surface area contributed by atoms with Crippen molar-refractivity contribution < 1.29 is 4.79 Å². The van der Waals surface area contributed by atoms with Crippen molar-refractivity contribution in [1.82, 2.24) is 24.3 Å². The molecule has 0 fully saturated rings. The molecule has 5 rings (SSSR count). The van der Waals surface area contributed by atoms with Crippen LogP contribution < -0.4 is 10.9 Å². The number of benzene rings is 1. The van der Waals surface area contributed by atoms with E-state index >= 15 is 0 Å². The average molecular weight is 433 g/mol. The average Bonchev–Trinajstić information content (AvgIpc) is 3.34. The third kappa shape index (κ3) is 3.61. The number of amides is 1. The van der Waals surface area contributed by atoms with E-state index < -0.39 is 0 Å². The van der Waals surface area contributed by atoms with Crippen LogP contribution in [-0.4, -0.2) is 36.0 Å². The number of anilines is 1. The molecule has 1 aliphatic rings. The first kappa shape index (κ1) is 19.5. The number of nitrogens with zero attached hydrogens (tertiary/aromatic N) is 5. The van der Waals surface area contributed by atoms with E-state index in [1.165, 1.54) is 11.8 Å². The minimum atomic E-state index is -0.267. The lowest BCUT2D eigenvalue weighted by atomic mass is 10.2. The van der Waals surface area contributed by atoms with Gasteiger partial charge in [-0.05, 0) is 38.1 Å². The predicted octanol–water partition coefficient (Wildman–Crippen LogP) is 3.27. The van der Waals surface area contributed by atoms with Crippen molar-refractivity contribution >= 4 is 34.5 Å². The van der Waals surface area contributed by atoms with Crippen molar-refractivity contribution in [3.05, 3.63) is 70.3 Å². The molecular weight excluding hydrogens is 412 g/mol. The maximum atomic E-state index is 13.2. The summed E-state index contributed by atoms with van der Waals surface area (Å²) in [6, 6.07) is 13.1. The number of thioether (sulfide) groups is 1. The molecule has 31 heavy (non-hydrogen) atoms. The van der Waals surface area contributed by atoms with Crippen LogP contribution >= 0.6 is 11.8 Å². The van der Waals surface area contributed by atoms with Crippen LogP contribution in [0.4, 0.5) is 5.82 Å². The molecule has 8 nitrogen and oxygen atoms in total. The lowest BCUT2D eigenvalue weighted by Gasteiger charge is -2.13. The zero-order valence-electron chi connectivity index (χ0n) is 17.1. The highest BCUT2D eigenvalue weighted by Gasteiger charge is 2.29. The number of hydrogen-bond donors (Lipinski definition) is 1. The van der Waals surface area contributed by atoms with Crippen LogP contribution in [-0.2, 0) is 4.79 Å². The molecule has 0 radical (unpaired) electrons. The number of rotatable bonds is 4. The van der Waals surface area contributed by atoms with E-state index in [1.807, 2.05) is 50.2 Å². The third-order valence-corrected chi connectivity index (χ3v) is 6.32. The molecule has 4 heterocycles. The molecule has 0 saturated carbocycles. The number of pyridine rings is 1. The number of carbonyl (C=O) groups excluding carboxylic acids is 1. The fraction of sp³-hybridized carbons (Fsp3) is 0.227. The summed E-state index contributed by atoms with van der Waals surface area (Å²) in [6.45, 7) is 3.89. The van der Waals surface area contributed by atoms with Crippen molar-refractivity contribution in [2.24, 2.45) is 0 Å². The standard InChI is InChI=1S/C22H20N6O2S/c1-13-6-8-15(9-7-13)28-20-17(11-23-28)21(30)27-16(12-31-22(27)26-20)10-19(29)25-18-5-3-4-14(2)24-18/h3-9,11,16H,10,12H2,1-2H3,(H,24,25,29). The second-order valence-corrected chi connectivity index (χ2v) is 8.57. The highest BCUT2D eigenvalue weighted by atomic mass is 32.2. The maximum absolute atomic E-state index is 13.2. The van der Waals surface area contributed by atoms with E-state index in [1.54, 1.807) is 21.5 Å². The van der Waals surface area contributed by atoms with Gasteiger partial charge in [0.1, 0.15) is 11.2 Å². The van der Waals surface area contributed by atoms with Crippen molar-refractivity contribution in [1.29, 1.82) is 0 Å². The summed E-state index contributed by atoms with van der Waals surface area (Å²) in [4.78, 5) is 34.8. The first-order valence-corrected chi connectivity index (χ1v) is 10.9.